The van der Waals surface area contributed by atoms with Gasteiger partial charge in [-0.25, -0.2) is 4.98 Å². The minimum absolute atomic E-state index is 0.178. The molecule has 1 aromatic carbocycles. The lowest BCUT2D eigenvalue weighted by Gasteiger charge is -2.12. The van der Waals surface area contributed by atoms with Crippen LogP contribution in [0.2, 0.25) is 0 Å². The second kappa shape index (κ2) is 5.99. The van der Waals surface area contributed by atoms with E-state index >= 15 is 0 Å². The zero-order chi connectivity index (χ0) is 16.4. The van der Waals surface area contributed by atoms with E-state index in [1.165, 1.54) is 10.9 Å². The van der Waals surface area contributed by atoms with Gasteiger partial charge in [0.15, 0.2) is 22.7 Å². The number of ether oxygens (including phenoxy) is 2. The van der Waals surface area contributed by atoms with Crippen molar-refractivity contribution < 1.29 is 9.47 Å². The molecular weight excluding hydrogens is 298 g/mol. The van der Waals surface area contributed by atoms with E-state index in [0.717, 1.165) is 5.56 Å². The van der Waals surface area contributed by atoms with Crippen molar-refractivity contribution in [3.63, 3.8) is 0 Å². The number of hydrogen-bond acceptors (Lipinski definition) is 6. The molecule has 23 heavy (non-hydrogen) atoms. The fraction of sp³-hybridized carbons (Fsp3) is 0.267. The Hall–Kier alpha value is -3.03. The number of aromatic nitrogens is 4. The molecule has 0 saturated carbocycles. The molecular formula is C15H17N5O3. The number of rotatable bonds is 5. The molecule has 8 heteroatoms. The maximum Gasteiger partial charge on any atom is 0.280 e. The molecule has 3 aromatic rings. The van der Waals surface area contributed by atoms with Gasteiger partial charge in [0, 0.05) is 13.6 Å². The van der Waals surface area contributed by atoms with E-state index in [2.05, 4.69) is 20.3 Å². The molecule has 120 valence electrons. The van der Waals surface area contributed by atoms with Crippen molar-refractivity contribution in [3.05, 3.63) is 40.4 Å². The Bertz CT molecular complexity index is 900. The minimum atomic E-state index is -0.178. The Kier molecular flexibility index (Phi) is 3.88. The highest BCUT2D eigenvalue weighted by atomic mass is 16.5. The predicted octanol–water partition coefficient (Wildman–Crippen LogP) is 1.29. The highest BCUT2D eigenvalue weighted by Crippen LogP contribution is 2.27. The van der Waals surface area contributed by atoms with Crippen molar-refractivity contribution >= 4 is 17.1 Å². The number of nitrogens with zero attached hydrogens (tertiary/aromatic N) is 3. The van der Waals surface area contributed by atoms with Crippen molar-refractivity contribution in [3.8, 4) is 11.5 Å². The van der Waals surface area contributed by atoms with E-state index in [9.17, 15) is 4.79 Å². The number of hydrogen-bond donors (Lipinski definition) is 2. The van der Waals surface area contributed by atoms with Gasteiger partial charge in [-0.05, 0) is 17.7 Å². The van der Waals surface area contributed by atoms with Crippen LogP contribution in [0.25, 0.3) is 11.2 Å². The summed E-state index contributed by atoms with van der Waals surface area (Å²) in [5.41, 5.74) is 1.58. The first kappa shape index (κ1) is 14.9. The summed E-state index contributed by atoms with van der Waals surface area (Å²) in [6.07, 6.45) is 1.46. The van der Waals surface area contributed by atoms with Gasteiger partial charge in [-0.15, -0.1) is 0 Å². The fourth-order valence-corrected chi connectivity index (χ4v) is 2.30. The first-order valence-electron chi connectivity index (χ1n) is 6.99. The summed E-state index contributed by atoms with van der Waals surface area (Å²) < 4.78 is 11.9. The molecule has 2 heterocycles. The Labute approximate surface area is 132 Å². The Morgan fingerprint density at radius 2 is 2.04 bits per heavy atom. The molecule has 0 aliphatic heterocycles. The lowest BCUT2D eigenvalue weighted by molar-refractivity contribution is 0.354. The molecule has 0 amide bonds. The maximum atomic E-state index is 12.2. The number of nitrogens with one attached hydrogen (secondary N) is 2. The summed E-state index contributed by atoms with van der Waals surface area (Å²) in [5.74, 6) is 1.76. The molecule has 0 aliphatic carbocycles. The molecule has 0 unspecified atom stereocenters. The highest BCUT2D eigenvalue weighted by molar-refractivity contribution is 5.70. The molecule has 0 aliphatic rings. The van der Waals surface area contributed by atoms with Crippen LogP contribution in [0.5, 0.6) is 11.5 Å². The topological polar surface area (TPSA) is 94.1 Å². The highest BCUT2D eigenvalue weighted by Gasteiger charge is 2.10. The number of imidazole rings is 1. The second-order valence-corrected chi connectivity index (χ2v) is 4.94. The maximum absolute atomic E-state index is 12.2. The van der Waals surface area contributed by atoms with E-state index in [4.69, 9.17) is 9.47 Å². The van der Waals surface area contributed by atoms with E-state index in [1.54, 1.807) is 21.3 Å². The van der Waals surface area contributed by atoms with Crippen molar-refractivity contribution in [2.45, 2.75) is 6.54 Å². The van der Waals surface area contributed by atoms with Gasteiger partial charge in [-0.2, -0.15) is 4.98 Å². The van der Waals surface area contributed by atoms with Crippen molar-refractivity contribution in [2.24, 2.45) is 7.05 Å². The van der Waals surface area contributed by atoms with Crippen molar-refractivity contribution in [1.82, 2.24) is 19.5 Å². The molecule has 0 bridgehead atoms. The van der Waals surface area contributed by atoms with Crippen molar-refractivity contribution in [2.75, 3.05) is 19.5 Å². The molecule has 3 rings (SSSR count). The van der Waals surface area contributed by atoms with Crippen LogP contribution in [-0.2, 0) is 13.6 Å². The lowest BCUT2D eigenvalue weighted by atomic mass is 10.2. The van der Waals surface area contributed by atoms with Crippen LogP contribution in [-0.4, -0.2) is 33.7 Å². The average molecular weight is 315 g/mol. The first-order chi connectivity index (χ1) is 11.1. The van der Waals surface area contributed by atoms with Gasteiger partial charge in [0.2, 0.25) is 5.95 Å². The molecule has 2 N–H and O–H groups in total. The summed E-state index contributed by atoms with van der Waals surface area (Å²) in [5, 5.41) is 3.14. The molecule has 0 atom stereocenters. The van der Waals surface area contributed by atoms with Gasteiger partial charge < -0.3 is 19.8 Å². The van der Waals surface area contributed by atoms with E-state index in [1.807, 2.05) is 18.2 Å². The van der Waals surface area contributed by atoms with Gasteiger partial charge in [0.1, 0.15) is 0 Å². The molecule has 2 aromatic heterocycles. The third kappa shape index (κ3) is 2.70. The Balaban J connectivity index is 1.86. The second-order valence-electron chi connectivity index (χ2n) is 4.94. The molecule has 0 radical (unpaired) electrons. The van der Waals surface area contributed by atoms with Crippen LogP contribution in [0.3, 0.4) is 0 Å². The molecule has 8 nitrogen and oxygen atoms in total. The summed E-state index contributed by atoms with van der Waals surface area (Å²) in [4.78, 5) is 23.3. The molecule has 0 saturated heterocycles. The zero-order valence-electron chi connectivity index (χ0n) is 13.1. The zero-order valence-corrected chi connectivity index (χ0v) is 13.1. The van der Waals surface area contributed by atoms with Crippen LogP contribution in [0.1, 0.15) is 5.56 Å². The number of methoxy groups -OCH3 is 2. The normalized spacial score (nSPS) is 10.7. The van der Waals surface area contributed by atoms with Gasteiger partial charge in [0.05, 0.1) is 20.5 Å². The third-order valence-electron chi connectivity index (χ3n) is 3.57. The summed E-state index contributed by atoms with van der Waals surface area (Å²) in [6.45, 7) is 0.483. The Morgan fingerprint density at radius 3 is 2.78 bits per heavy atom. The minimum Gasteiger partial charge on any atom is -0.493 e. The molecule has 0 spiro atoms. The average Bonchev–Trinajstić information content (AvgIpc) is 3.05. The van der Waals surface area contributed by atoms with Crippen LogP contribution < -0.4 is 20.3 Å². The largest absolute Gasteiger partial charge is 0.493 e. The molecule has 0 fully saturated rings. The van der Waals surface area contributed by atoms with Gasteiger partial charge in [-0.3, -0.25) is 9.36 Å². The van der Waals surface area contributed by atoms with Gasteiger partial charge in [-0.1, -0.05) is 6.07 Å². The van der Waals surface area contributed by atoms with Crippen LogP contribution in [0.4, 0.5) is 5.95 Å². The van der Waals surface area contributed by atoms with Crippen molar-refractivity contribution in [1.29, 1.82) is 0 Å². The summed E-state index contributed by atoms with van der Waals surface area (Å²) >= 11 is 0. The number of anilines is 1. The Morgan fingerprint density at radius 1 is 1.26 bits per heavy atom. The first-order valence-corrected chi connectivity index (χ1v) is 6.99. The van der Waals surface area contributed by atoms with E-state index < -0.39 is 0 Å². The number of H-pyrrole nitrogens is 1. The SMILES string of the molecule is COc1ccc(CNc2nc3nc[nH]c3c(=O)n2C)cc1OC. The number of aromatic amines is 1. The fourth-order valence-electron chi connectivity index (χ4n) is 2.30. The summed E-state index contributed by atoms with van der Waals surface area (Å²) in [6, 6.07) is 5.62. The monoisotopic (exact) mass is 315 g/mol. The van der Waals surface area contributed by atoms with Gasteiger partial charge >= 0.3 is 0 Å². The van der Waals surface area contributed by atoms with Crippen LogP contribution in [0, 0.1) is 0 Å². The van der Waals surface area contributed by atoms with Crippen LogP contribution in [0.15, 0.2) is 29.3 Å². The number of fused-ring (bicyclic) bond motifs is 1. The van der Waals surface area contributed by atoms with Crippen LogP contribution >= 0.6 is 0 Å². The smallest absolute Gasteiger partial charge is 0.280 e. The van der Waals surface area contributed by atoms with E-state index in [-0.39, 0.29) is 5.56 Å². The van der Waals surface area contributed by atoms with Gasteiger partial charge in [0.25, 0.3) is 5.56 Å². The lowest BCUT2D eigenvalue weighted by Crippen LogP contribution is -2.22. The third-order valence-corrected chi connectivity index (χ3v) is 3.57. The van der Waals surface area contributed by atoms with E-state index in [0.29, 0.717) is 35.2 Å². The number of benzene rings is 1. The standard InChI is InChI=1S/C15H17N5O3/c1-20-14(21)12-13(18-8-17-12)19-15(20)16-7-9-4-5-10(22-2)11(6-9)23-3/h4-6,8H,7H2,1-3H3,(H,16,19)(H,17,18). The quantitative estimate of drug-likeness (QED) is 0.737. The summed E-state index contributed by atoms with van der Waals surface area (Å²) in [7, 11) is 4.84. The predicted molar refractivity (Wildman–Crippen MR) is 86.0 cm³/mol.